The molecule has 4 N–H and O–H groups in total. The average molecular weight is 472 g/mol. The van der Waals surface area contributed by atoms with Gasteiger partial charge in [-0.3, -0.25) is 14.5 Å². The summed E-state index contributed by atoms with van der Waals surface area (Å²) < 4.78 is 5.96. The molecule has 0 aromatic heterocycles. The Morgan fingerprint density at radius 3 is 2.65 bits per heavy atom. The maximum atomic E-state index is 12.4. The molecule has 1 aromatic rings. The number of hydrogen-bond acceptors (Lipinski definition) is 7. The number of rotatable bonds is 12. The van der Waals surface area contributed by atoms with Gasteiger partial charge in [-0.1, -0.05) is 37.3 Å². The molecule has 9 heteroatoms. The smallest absolute Gasteiger partial charge is 0.322 e. The largest absolute Gasteiger partial charge is 0.480 e. The van der Waals surface area contributed by atoms with Crippen molar-refractivity contribution in [1.82, 2.24) is 10.2 Å². The Morgan fingerprint density at radius 2 is 2.06 bits per heavy atom. The molecule has 3 atom stereocenters. The van der Waals surface area contributed by atoms with E-state index in [1.807, 2.05) is 42.1 Å². The van der Waals surface area contributed by atoms with Crippen molar-refractivity contribution in [3.8, 4) is 0 Å². The minimum absolute atomic E-state index is 0.00733. The highest BCUT2D eigenvalue weighted by atomic mass is 32.2. The quantitative estimate of drug-likeness (QED) is 0.345. The van der Waals surface area contributed by atoms with Gasteiger partial charge in [0.25, 0.3) is 0 Å². The minimum atomic E-state index is -1.08. The average Bonchev–Trinajstić information content (AvgIpc) is 3.22. The summed E-state index contributed by atoms with van der Waals surface area (Å²) in [6, 6.07) is 9.78. The molecule has 1 saturated heterocycles. The number of carbonyl (C=O) groups excluding carboxylic acids is 1. The third-order valence-corrected chi connectivity index (χ3v) is 6.00. The molecule has 31 heavy (non-hydrogen) atoms. The van der Waals surface area contributed by atoms with E-state index in [0.717, 1.165) is 31.5 Å². The summed E-state index contributed by atoms with van der Waals surface area (Å²) in [4.78, 5) is 25.5. The van der Waals surface area contributed by atoms with Gasteiger partial charge in [-0.2, -0.15) is 24.4 Å². The van der Waals surface area contributed by atoms with Crippen LogP contribution >= 0.6 is 24.4 Å². The van der Waals surface area contributed by atoms with Crippen LogP contribution < -0.4 is 11.1 Å². The van der Waals surface area contributed by atoms with E-state index < -0.39 is 24.5 Å². The van der Waals surface area contributed by atoms with Crippen molar-refractivity contribution in [2.24, 2.45) is 5.73 Å². The number of ether oxygens (including phenoxy) is 1. The molecule has 0 bridgehead atoms. The van der Waals surface area contributed by atoms with Gasteiger partial charge in [0.05, 0.1) is 6.61 Å². The van der Waals surface area contributed by atoms with E-state index in [0.29, 0.717) is 18.8 Å². The van der Waals surface area contributed by atoms with Crippen LogP contribution in [0.1, 0.15) is 25.3 Å². The van der Waals surface area contributed by atoms with Crippen LogP contribution in [0.5, 0.6) is 0 Å². The SMILES string of the molecule is CCSC.N[C@H](CS)CN1CCC[C@H]1COC(Cc1ccccc1)C(=O)NCC(=O)O. The van der Waals surface area contributed by atoms with Crippen LogP contribution in [-0.4, -0.2) is 84.1 Å². The zero-order valence-corrected chi connectivity index (χ0v) is 20.2. The molecule has 1 fully saturated rings. The number of hydrogen-bond donors (Lipinski definition) is 4. The Morgan fingerprint density at radius 1 is 1.39 bits per heavy atom. The zero-order valence-electron chi connectivity index (χ0n) is 18.5. The van der Waals surface area contributed by atoms with E-state index in [9.17, 15) is 9.59 Å². The second-order valence-electron chi connectivity index (χ2n) is 7.43. The van der Waals surface area contributed by atoms with Gasteiger partial charge in [0.15, 0.2) is 0 Å². The molecule has 2 rings (SSSR count). The lowest BCUT2D eigenvalue weighted by Crippen LogP contribution is -2.45. The molecule has 176 valence electrons. The number of thiol groups is 1. The molecular formula is C22H37N3O4S2. The molecule has 1 aliphatic rings. The highest BCUT2D eigenvalue weighted by Gasteiger charge is 2.28. The molecule has 1 unspecified atom stereocenters. The normalized spacial score (nSPS) is 18.0. The number of carboxylic acids is 1. The van der Waals surface area contributed by atoms with Gasteiger partial charge in [-0.15, -0.1) is 0 Å². The maximum absolute atomic E-state index is 12.4. The Kier molecular flexibility index (Phi) is 14.7. The van der Waals surface area contributed by atoms with Gasteiger partial charge in [0.2, 0.25) is 5.91 Å². The van der Waals surface area contributed by atoms with Gasteiger partial charge < -0.3 is 20.9 Å². The van der Waals surface area contributed by atoms with Crippen LogP contribution in [0.15, 0.2) is 30.3 Å². The van der Waals surface area contributed by atoms with E-state index in [2.05, 4.69) is 36.0 Å². The van der Waals surface area contributed by atoms with Gasteiger partial charge in [0.1, 0.15) is 12.6 Å². The van der Waals surface area contributed by atoms with Crippen LogP contribution in [0.3, 0.4) is 0 Å². The molecule has 1 heterocycles. The summed E-state index contributed by atoms with van der Waals surface area (Å²) in [5, 5.41) is 11.2. The number of nitrogens with one attached hydrogen (secondary N) is 1. The summed E-state index contributed by atoms with van der Waals surface area (Å²) in [5.74, 6) is 0.376. The first-order chi connectivity index (χ1) is 14.9. The molecule has 0 aliphatic carbocycles. The predicted molar refractivity (Wildman–Crippen MR) is 131 cm³/mol. The molecule has 1 amide bonds. The van der Waals surface area contributed by atoms with Crippen molar-refractivity contribution in [3.05, 3.63) is 35.9 Å². The summed E-state index contributed by atoms with van der Waals surface area (Å²) in [7, 11) is 0. The van der Waals surface area contributed by atoms with Crippen molar-refractivity contribution in [2.75, 3.05) is 44.0 Å². The molecule has 0 saturated carbocycles. The number of carboxylic acid groups (broad SMARTS) is 1. The highest BCUT2D eigenvalue weighted by Crippen LogP contribution is 2.19. The Hall–Kier alpha value is -1.26. The predicted octanol–water partition coefficient (Wildman–Crippen LogP) is 1.91. The summed E-state index contributed by atoms with van der Waals surface area (Å²) in [6.07, 6.45) is 3.83. The number of likely N-dealkylation sites (tertiary alicyclic amines) is 1. The van der Waals surface area contributed by atoms with Crippen molar-refractivity contribution < 1.29 is 19.4 Å². The fourth-order valence-electron chi connectivity index (χ4n) is 3.24. The van der Waals surface area contributed by atoms with E-state index in [1.54, 1.807) is 0 Å². The number of carbonyl (C=O) groups is 2. The number of aliphatic carboxylic acids is 1. The van der Waals surface area contributed by atoms with Crippen LogP contribution in [0.25, 0.3) is 0 Å². The lowest BCUT2D eigenvalue weighted by atomic mass is 10.1. The van der Waals surface area contributed by atoms with Crippen molar-refractivity contribution >= 4 is 36.3 Å². The van der Waals surface area contributed by atoms with Crippen LogP contribution in [0.4, 0.5) is 0 Å². The third-order valence-electron chi connectivity index (χ3n) is 4.95. The van der Waals surface area contributed by atoms with Crippen molar-refractivity contribution in [3.63, 3.8) is 0 Å². The van der Waals surface area contributed by atoms with E-state index in [-0.39, 0.29) is 12.1 Å². The molecule has 1 aliphatic heterocycles. The van der Waals surface area contributed by atoms with Gasteiger partial charge in [-0.05, 0) is 37.0 Å². The number of nitrogens with two attached hydrogens (primary N) is 1. The monoisotopic (exact) mass is 471 g/mol. The lowest BCUT2D eigenvalue weighted by Gasteiger charge is -2.28. The van der Waals surface area contributed by atoms with Gasteiger partial charge >= 0.3 is 5.97 Å². The zero-order chi connectivity index (χ0) is 23.1. The molecule has 7 nitrogen and oxygen atoms in total. The maximum Gasteiger partial charge on any atom is 0.322 e. The van der Waals surface area contributed by atoms with E-state index in [1.165, 1.54) is 5.75 Å². The van der Waals surface area contributed by atoms with Gasteiger partial charge in [0, 0.05) is 30.8 Å². The number of amides is 1. The highest BCUT2D eigenvalue weighted by molar-refractivity contribution is 7.98. The van der Waals surface area contributed by atoms with Crippen LogP contribution in [0.2, 0.25) is 0 Å². The fraction of sp³-hybridized carbons (Fsp3) is 0.636. The topological polar surface area (TPSA) is 105 Å². The summed E-state index contributed by atoms with van der Waals surface area (Å²) in [6.45, 7) is 3.86. The third kappa shape index (κ3) is 11.8. The molecule has 1 aromatic carbocycles. The summed E-state index contributed by atoms with van der Waals surface area (Å²) in [5.41, 5.74) is 6.98. The first kappa shape index (κ1) is 27.8. The molecule has 0 radical (unpaired) electrons. The first-order valence-electron chi connectivity index (χ1n) is 10.7. The second kappa shape index (κ2) is 16.4. The van der Waals surface area contributed by atoms with E-state index >= 15 is 0 Å². The number of benzene rings is 1. The Labute approximate surface area is 195 Å². The van der Waals surface area contributed by atoms with Gasteiger partial charge in [-0.25, -0.2) is 0 Å². The van der Waals surface area contributed by atoms with Crippen molar-refractivity contribution in [2.45, 2.75) is 44.4 Å². The van der Waals surface area contributed by atoms with E-state index in [4.69, 9.17) is 15.6 Å². The number of nitrogens with zero attached hydrogens (tertiary/aromatic N) is 1. The summed E-state index contributed by atoms with van der Waals surface area (Å²) >= 11 is 6.10. The van der Waals surface area contributed by atoms with Crippen molar-refractivity contribution in [1.29, 1.82) is 0 Å². The fourth-order valence-corrected chi connectivity index (χ4v) is 3.36. The Balaban J connectivity index is 0.00000110. The minimum Gasteiger partial charge on any atom is -0.480 e. The Bertz CT molecular complexity index is 634. The standard InChI is InChI=1S/C19H29N3O4S.C3H8S/c20-15(13-27)11-22-8-4-7-16(22)12-26-17(19(25)21-10-18(23)24)9-14-5-2-1-3-6-14;1-3-4-2/h1-3,5-6,15-17,27H,4,7-13,20H2,(H,21,25)(H,23,24);3H2,1-2H3/t15-,16-,17?;/m0./s1. The van der Waals surface area contributed by atoms with Crippen LogP contribution in [0, 0.1) is 0 Å². The molecular weight excluding hydrogens is 434 g/mol. The molecule has 0 spiro atoms. The second-order valence-corrected chi connectivity index (χ2v) is 8.95. The first-order valence-corrected chi connectivity index (χ1v) is 12.7. The number of thioether (sulfide) groups is 1. The van der Waals surface area contributed by atoms with Crippen LogP contribution in [-0.2, 0) is 20.7 Å². The lowest BCUT2D eigenvalue weighted by molar-refractivity contribution is -0.141.